The Kier molecular flexibility index (Phi) is 8.25. The Morgan fingerprint density at radius 3 is 1.74 bits per heavy atom. The largest absolute Gasteiger partial charge is 0.376 e. The van der Waals surface area contributed by atoms with Crippen molar-refractivity contribution in [3.63, 3.8) is 0 Å². The van der Waals surface area contributed by atoms with Crippen molar-refractivity contribution in [3.8, 4) is 61.3 Å². The van der Waals surface area contributed by atoms with E-state index in [1.54, 1.807) is 0 Å². The Labute approximate surface area is 414 Å². The van der Waals surface area contributed by atoms with Gasteiger partial charge in [-0.25, -0.2) is 0 Å². The number of nitrogens with zero attached hydrogens (tertiary/aromatic N) is 2. The van der Waals surface area contributed by atoms with Crippen LogP contribution in [0.4, 0.5) is 11.4 Å². The van der Waals surface area contributed by atoms with Crippen molar-refractivity contribution in [1.29, 1.82) is 0 Å². The summed E-state index contributed by atoms with van der Waals surface area (Å²) in [6, 6.07) is 80.4. The molecule has 0 N–H and O–H groups in total. The van der Waals surface area contributed by atoms with Gasteiger partial charge in [-0.15, -0.1) is 0 Å². The van der Waals surface area contributed by atoms with Gasteiger partial charge in [-0.1, -0.05) is 197 Å². The minimum Gasteiger partial charge on any atom is -0.376 e. The fourth-order valence-corrected chi connectivity index (χ4v) is 14.5. The van der Waals surface area contributed by atoms with Crippen molar-refractivity contribution in [1.82, 2.24) is 4.57 Å². The minimum atomic E-state index is -0.267. The third kappa shape index (κ3) is 5.43. The average molecular weight is 911 g/mol. The molecular formula is C66H47BN2S. The molecule has 4 aliphatic rings. The highest BCUT2D eigenvalue weighted by molar-refractivity contribution is 7.99. The number of rotatable bonds is 4. The van der Waals surface area contributed by atoms with E-state index in [1.165, 1.54) is 137 Å². The monoisotopic (exact) mass is 910 g/mol. The summed E-state index contributed by atoms with van der Waals surface area (Å²) in [5.41, 5.74) is 26.7. The first-order valence-corrected chi connectivity index (χ1v) is 25.5. The first kappa shape index (κ1) is 40.1. The van der Waals surface area contributed by atoms with Gasteiger partial charge in [0.2, 0.25) is 0 Å². The second-order valence-corrected chi connectivity index (χ2v) is 21.9. The summed E-state index contributed by atoms with van der Waals surface area (Å²) in [5, 5.41) is 2.56. The molecule has 10 aromatic carbocycles. The zero-order valence-corrected chi connectivity index (χ0v) is 40.4. The molecule has 1 aliphatic carbocycles. The molecule has 2 nitrogen and oxygen atoms in total. The van der Waals surface area contributed by atoms with E-state index in [-0.39, 0.29) is 17.7 Å². The molecule has 70 heavy (non-hydrogen) atoms. The van der Waals surface area contributed by atoms with Gasteiger partial charge in [0, 0.05) is 54.0 Å². The number of fused-ring (bicyclic) bond motifs is 13. The number of benzene rings is 10. The number of hydrogen-bond donors (Lipinski definition) is 0. The van der Waals surface area contributed by atoms with Gasteiger partial charge in [0.05, 0.1) is 11.0 Å². The summed E-state index contributed by atoms with van der Waals surface area (Å²) in [6.07, 6.45) is 0. The highest BCUT2D eigenvalue weighted by Gasteiger charge is 2.50. The first-order valence-electron chi connectivity index (χ1n) is 24.7. The highest BCUT2D eigenvalue weighted by atomic mass is 32.2. The van der Waals surface area contributed by atoms with Crippen LogP contribution in [0.2, 0.25) is 0 Å². The minimum absolute atomic E-state index is 0.147. The van der Waals surface area contributed by atoms with Crippen LogP contribution in [0.3, 0.4) is 0 Å². The molecule has 0 saturated heterocycles. The van der Waals surface area contributed by atoms with Crippen LogP contribution in [0.25, 0.3) is 83.1 Å². The van der Waals surface area contributed by atoms with Gasteiger partial charge in [0.15, 0.2) is 0 Å². The van der Waals surface area contributed by atoms with Crippen LogP contribution >= 0.6 is 11.8 Å². The molecule has 0 fully saturated rings. The molecule has 4 heterocycles. The summed E-state index contributed by atoms with van der Waals surface area (Å²) >= 11 is 1.93. The smallest absolute Gasteiger partial charge is 0.333 e. The Morgan fingerprint density at radius 1 is 0.414 bits per heavy atom. The molecule has 0 amide bonds. The van der Waals surface area contributed by atoms with Crippen LogP contribution in [0.1, 0.15) is 49.9 Å². The molecule has 1 aromatic heterocycles. The SMILES string of the molecule is CC1(C)c2ccccc2Sc2cc3c(cc21)N(c1ccc(-c2ccccc2)cc1)B1c2c-3cc3c(c2-n2c4ccc(-c5ccccc5)cc4c4cc(-c5ccccc5)cc1c42)C(C)(C)c1ccccc1-3. The molecular weight excluding hydrogens is 864 g/mol. The van der Waals surface area contributed by atoms with Crippen molar-refractivity contribution < 1.29 is 0 Å². The van der Waals surface area contributed by atoms with Gasteiger partial charge in [-0.05, 0) is 138 Å². The molecule has 3 aliphatic heterocycles. The Balaban J connectivity index is 1.12. The van der Waals surface area contributed by atoms with E-state index in [1.807, 2.05) is 11.8 Å². The molecule has 0 unspecified atom stereocenters. The van der Waals surface area contributed by atoms with Crippen LogP contribution in [0.15, 0.2) is 222 Å². The average Bonchev–Trinajstić information content (AvgIpc) is 3.85. The Morgan fingerprint density at radius 2 is 1.01 bits per heavy atom. The highest BCUT2D eigenvalue weighted by Crippen LogP contribution is 2.58. The number of anilines is 2. The van der Waals surface area contributed by atoms with Crippen LogP contribution < -0.4 is 15.7 Å². The van der Waals surface area contributed by atoms with Gasteiger partial charge in [0.25, 0.3) is 0 Å². The van der Waals surface area contributed by atoms with E-state index in [2.05, 4.69) is 249 Å². The fourth-order valence-electron chi connectivity index (χ4n) is 13.1. The number of hydrogen-bond acceptors (Lipinski definition) is 2. The van der Waals surface area contributed by atoms with E-state index in [0.29, 0.717) is 0 Å². The zero-order valence-electron chi connectivity index (χ0n) is 39.6. The summed E-state index contributed by atoms with van der Waals surface area (Å²) in [4.78, 5) is 5.41. The lowest BCUT2D eigenvalue weighted by molar-refractivity contribution is 0.607. The normalized spacial score (nSPS) is 15.0. The second kappa shape index (κ2) is 14.4. The van der Waals surface area contributed by atoms with Crippen molar-refractivity contribution in [3.05, 3.63) is 235 Å². The molecule has 15 rings (SSSR count). The lowest BCUT2D eigenvalue weighted by Crippen LogP contribution is -2.61. The quantitative estimate of drug-likeness (QED) is 0.163. The van der Waals surface area contributed by atoms with Crippen molar-refractivity contribution in [2.45, 2.75) is 48.3 Å². The van der Waals surface area contributed by atoms with Crippen molar-refractivity contribution in [2.75, 3.05) is 4.81 Å². The number of aromatic nitrogens is 1. The standard InChI is InChI=1S/C66H47BN2S/c1-65(2)54-26-16-17-27-59(54)70-60-38-49-51-37-50-47-24-14-15-25-53(47)66(3,4)61(50)64-62(51)67(69(58(49)39-55(60)65)46-31-28-43(29-32-46)40-18-8-5-9-19-40)56-36-45(42-22-12-7-13-23-42)35-52-48-34-44(41-20-10-6-11-21-41)30-33-57(48)68(64)63(52)56/h5-39H,1-4H3. The van der Waals surface area contributed by atoms with Gasteiger partial charge < -0.3 is 9.38 Å². The van der Waals surface area contributed by atoms with Crippen molar-refractivity contribution >= 4 is 62.7 Å². The van der Waals surface area contributed by atoms with Gasteiger partial charge >= 0.3 is 6.85 Å². The van der Waals surface area contributed by atoms with E-state index in [0.717, 1.165) is 0 Å². The van der Waals surface area contributed by atoms with Crippen LogP contribution in [-0.4, -0.2) is 11.4 Å². The van der Waals surface area contributed by atoms with E-state index in [4.69, 9.17) is 0 Å². The third-order valence-electron chi connectivity index (χ3n) is 16.4. The second-order valence-electron chi connectivity index (χ2n) is 20.8. The predicted molar refractivity (Wildman–Crippen MR) is 296 cm³/mol. The van der Waals surface area contributed by atoms with Gasteiger partial charge in [0.1, 0.15) is 0 Å². The van der Waals surface area contributed by atoms with Gasteiger partial charge in [-0.2, -0.15) is 0 Å². The van der Waals surface area contributed by atoms with Crippen molar-refractivity contribution in [2.24, 2.45) is 0 Å². The maximum Gasteiger partial charge on any atom is 0.333 e. The topological polar surface area (TPSA) is 8.17 Å². The summed E-state index contributed by atoms with van der Waals surface area (Å²) in [7, 11) is 0. The Hall–Kier alpha value is -7.79. The molecule has 0 radical (unpaired) electrons. The van der Waals surface area contributed by atoms with Crippen LogP contribution in [-0.2, 0) is 10.8 Å². The molecule has 4 heteroatoms. The maximum atomic E-state index is 2.74. The Bertz CT molecular complexity index is 4020. The van der Waals surface area contributed by atoms with Gasteiger partial charge in [-0.3, -0.25) is 0 Å². The van der Waals surface area contributed by atoms with Crippen LogP contribution in [0.5, 0.6) is 0 Å². The van der Waals surface area contributed by atoms with Crippen LogP contribution in [0, 0.1) is 0 Å². The molecule has 0 bridgehead atoms. The molecule has 0 spiro atoms. The molecule has 330 valence electrons. The lowest BCUT2D eigenvalue weighted by atomic mass is 9.43. The molecule has 11 aromatic rings. The van der Waals surface area contributed by atoms with E-state index < -0.39 is 0 Å². The van der Waals surface area contributed by atoms with E-state index >= 15 is 0 Å². The predicted octanol–water partition coefficient (Wildman–Crippen LogP) is 16.1. The van der Waals surface area contributed by atoms with E-state index in [9.17, 15) is 0 Å². The summed E-state index contributed by atoms with van der Waals surface area (Å²) in [6.45, 7) is 9.62. The molecule has 0 atom stereocenters. The maximum absolute atomic E-state index is 2.74. The third-order valence-corrected chi connectivity index (χ3v) is 17.5. The lowest BCUT2D eigenvalue weighted by Gasteiger charge is -2.45. The zero-order chi connectivity index (χ0) is 46.6. The fraction of sp³-hybridized carbons (Fsp3) is 0.0909. The summed E-state index contributed by atoms with van der Waals surface area (Å²) < 4.78 is 2.71. The molecule has 0 saturated carbocycles. The first-order chi connectivity index (χ1) is 34.2. The summed E-state index contributed by atoms with van der Waals surface area (Å²) in [5.74, 6) is 0.